The minimum absolute atomic E-state index is 0.00480. The molecule has 128 valence electrons. The van der Waals surface area contributed by atoms with E-state index in [1.54, 1.807) is 0 Å². The third-order valence-electron chi connectivity index (χ3n) is 2.90. The number of carbonyl (C=O) groups is 2. The summed E-state index contributed by atoms with van der Waals surface area (Å²) in [5.74, 6) is 6.05. The SMILES string of the molecule is CCCNC(=O)NC(=O)CSc1nnc(-c2ccccc2Br)n1N. The Morgan fingerprint density at radius 1 is 1.33 bits per heavy atom. The van der Waals surface area contributed by atoms with Crippen molar-refractivity contribution in [3.05, 3.63) is 28.7 Å². The van der Waals surface area contributed by atoms with E-state index in [0.717, 1.165) is 28.2 Å². The highest BCUT2D eigenvalue weighted by Gasteiger charge is 2.16. The smallest absolute Gasteiger partial charge is 0.321 e. The number of carbonyl (C=O) groups excluding carboxylic acids is 2. The van der Waals surface area contributed by atoms with Crippen molar-refractivity contribution in [2.75, 3.05) is 18.1 Å². The largest absolute Gasteiger partial charge is 0.338 e. The van der Waals surface area contributed by atoms with E-state index in [9.17, 15) is 9.59 Å². The van der Waals surface area contributed by atoms with Gasteiger partial charge in [0.1, 0.15) is 0 Å². The number of nitrogens with one attached hydrogen (secondary N) is 2. The monoisotopic (exact) mass is 412 g/mol. The van der Waals surface area contributed by atoms with Gasteiger partial charge in [0.05, 0.1) is 5.75 Å². The molecule has 3 amide bonds. The van der Waals surface area contributed by atoms with Gasteiger partial charge in [0.25, 0.3) is 0 Å². The van der Waals surface area contributed by atoms with Crippen LogP contribution >= 0.6 is 27.7 Å². The minimum atomic E-state index is -0.509. The lowest BCUT2D eigenvalue weighted by atomic mass is 10.2. The summed E-state index contributed by atoms with van der Waals surface area (Å²) in [7, 11) is 0. The maximum absolute atomic E-state index is 11.7. The number of nitrogen functional groups attached to an aromatic ring is 1. The third kappa shape index (κ3) is 4.71. The molecule has 4 N–H and O–H groups in total. The molecule has 0 fully saturated rings. The number of rotatable bonds is 6. The average Bonchev–Trinajstić information content (AvgIpc) is 2.92. The van der Waals surface area contributed by atoms with Gasteiger partial charge in [-0.2, -0.15) is 0 Å². The number of thioether (sulfide) groups is 1. The Bertz CT molecular complexity index is 736. The Hall–Kier alpha value is -2.07. The van der Waals surface area contributed by atoms with Gasteiger partial charge in [-0.05, 0) is 18.6 Å². The molecule has 0 aliphatic heterocycles. The number of amides is 3. The van der Waals surface area contributed by atoms with Gasteiger partial charge < -0.3 is 11.2 Å². The van der Waals surface area contributed by atoms with Gasteiger partial charge in [-0.15, -0.1) is 10.2 Å². The van der Waals surface area contributed by atoms with Gasteiger partial charge in [0, 0.05) is 16.6 Å². The van der Waals surface area contributed by atoms with Crippen LogP contribution < -0.4 is 16.5 Å². The molecule has 1 aromatic heterocycles. The topological polar surface area (TPSA) is 115 Å². The number of nitrogens with two attached hydrogens (primary N) is 1. The van der Waals surface area contributed by atoms with E-state index in [0.29, 0.717) is 17.5 Å². The zero-order valence-electron chi connectivity index (χ0n) is 13.0. The van der Waals surface area contributed by atoms with Crippen molar-refractivity contribution < 1.29 is 9.59 Å². The Labute approximate surface area is 151 Å². The Kier molecular flexibility index (Phi) is 6.62. The van der Waals surface area contributed by atoms with Crippen molar-refractivity contribution in [1.29, 1.82) is 0 Å². The van der Waals surface area contributed by atoms with E-state index in [2.05, 4.69) is 36.8 Å². The second kappa shape index (κ2) is 8.69. The lowest BCUT2D eigenvalue weighted by molar-refractivity contribution is -0.117. The summed E-state index contributed by atoms with van der Waals surface area (Å²) >= 11 is 4.53. The molecular weight excluding hydrogens is 396 g/mol. The van der Waals surface area contributed by atoms with E-state index in [1.807, 2.05) is 31.2 Å². The molecule has 0 aliphatic carbocycles. The molecule has 0 aliphatic rings. The molecule has 24 heavy (non-hydrogen) atoms. The molecule has 0 spiro atoms. The second-order valence-corrected chi connectivity index (χ2v) is 6.55. The van der Waals surface area contributed by atoms with Crippen molar-refractivity contribution >= 4 is 39.6 Å². The highest BCUT2D eigenvalue weighted by atomic mass is 79.9. The first-order chi connectivity index (χ1) is 11.5. The van der Waals surface area contributed by atoms with Crippen LogP contribution in [0, 0.1) is 0 Å². The number of benzene rings is 1. The number of nitrogens with zero attached hydrogens (tertiary/aromatic N) is 3. The van der Waals surface area contributed by atoms with Crippen molar-refractivity contribution in [2.45, 2.75) is 18.5 Å². The van der Waals surface area contributed by atoms with E-state index in [4.69, 9.17) is 5.84 Å². The molecule has 8 nitrogen and oxygen atoms in total. The second-order valence-electron chi connectivity index (χ2n) is 4.75. The van der Waals surface area contributed by atoms with E-state index in [-0.39, 0.29) is 5.75 Å². The predicted molar refractivity (Wildman–Crippen MR) is 95.9 cm³/mol. The Balaban J connectivity index is 1.96. The zero-order valence-corrected chi connectivity index (χ0v) is 15.4. The quantitative estimate of drug-likeness (QED) is 0.491. The number of imide groups is 1. The third-order valence-corrected chi connectivity index (χ3v) is 4.53. The van der Waals surface area contributed by atoms with Crippen LogP contribution in [0.5, 0.6) is 0 Å². The van der Waals surface area contributed by atoms with Crippen LogP contribution in [0.2, 0.25) is 0 Å². The first-order valence-corrected chi connectivity index (χ1v) is 8.96. The minimum Gasteiger partial charge on any atom is -0.338 e. The van der Waals surface area contributed by atoms with Crippen molar-refractivity contribution in [1.82, 2.24) is 25.5 Å². The number of hydrogen-bond donors (Lipinski definition) is 3. The molecule has 10 heteroatoms. The standard InChI is InChI=1S/C14H17BrN6O2S/c1-2-7-17-13(23)18-11(22)8-24-14-20-19-12(21(14)16)9-5-3-4-6-10(9)15/h3-6H,2,7-8,16H2,1H3,(H2,17,18,22,23). The van der Waals surface area contributed by atoms with Crippen molar-refractivity contribution in [3.8, 4) is 11.4 Å². The Morgan fingerprint density at radius 2 is 2.08 bits per heavy atom. The van der Waals surface area contributed by atoms with Gasteiger partial charge in [0.15, 0.2) is 5.82 Å². The maximum atomic E-state index is 11.7. The molecule has 0 atom stereocenters. The fourth-order valence-corrected chi connectivity index (χ4v) is 2.90. The molecule has 0 saturated carbocycles. The summed E-state index contributed by atoms with van der Waals surface area (Å²) in [5, 5.41) is 13.2. The number of hydrogen-bond acceptors (Lipinski definition) is 6. The molecule has 1 heterocycles. The highest BCUT2D eigenvalue weighted by molar-refractivity contribution is 9.10. The summed E-state index contributed by atoms with van der Waals surface area (Å²) in [6.45, 7) is 2.44. The van der Waals surface area contributed by atoms with E-state index in [1.165, 1.54) is 4.68 Å². The average molecular weight is 413 g/mol. The van der Waals surface area contributed by atoms with Crippen LogP contribution in [-0.2, 0) is 4.79 Å². The van der Waals surface area contributed by atoms with Gasteiger partial charge in [-0.25, -0.2) is 9.47 Å². The summed E-state index contributed by atoms with van der Waals surface area (Å²) in [4.78, 5) is 23.1. The summed E-state index contributed by atoms with van der Waals surface area (Å²) in [5.41, 5.74) is 0.794. The maximum Gasteiger partial charge on any atom is 0.321 e. The number of halogens is 1. The molecule has 0 radical (unpaired) electrons. The summed E-state index contributed by atoms with van der Waals surface area (Å²) in [6.07, 6.45) is 0.796. The summed E-state index contributed by atoms with van der Waals surface area (Å²) in [6, 6.07) is 6.97. The zero-order chi connectivity index (χ0) is 17.5. The molecule has 2 rings (SSSR count). The fraction of sp³-hybridized carbons (Fsp3) is 0.286. The van der Waals surface area contributed by atoms with Gasteiger partial charge >= 0.3 is 6.03 Å². The molecule has 0 bridgehead atoms. The normalized spacial score (nSPS) is 10.4. The molecule has 0 saturated heterocycles. The van der Waals surface area contributed by atoms with Crippen LogP contribution in [0.3, 0.4) is 0 Å². The highest BCUT2D eigenvalue weighted by Crippen LogP contribution is 2.27. The van der Waals surface area contributed by atoms with E-state index >= 15 is 0 Å². The molecule has 0 unspecified atom stereocenters. The number of urea groups is 1. The van der Waals surface area contributed by atoms with Crippen molar-refractivity contribution in [2.24, 2.45) is 0 Å². The van der Waals surface area contributed by atoms with Crippen LogP contribution in [0.15, 0.2) is 33.9 Å². The molecule has 1 aromatic carbocycles. The van der Waals surface area contributed by atoms with Gasteiger partial charge in [-0.3, -0.25) is 10.1 Å². The van der Waals surface area contributed by atoms with Gasteiger partial charge in [0.2, 0.25) is 11.1 Å². The van der Waals surface area contributed by atoms with Crippen LogP contribution in [0.25, 0.3) is 11.4 Å². The lowest BCUT2D eigenvalue weighted by Crippen LogP contribution is -2.40. The van der Waals surface area contributed by atoms with E-state index < -0.39 is 11.9 Å². The predicted octanol–water partition coefficient (Wildman–Crippen LogP) is 1.75. The first kappa shape index (κ1) is 18.3. The fourth-order valence-electron chi connectivity index (χ4n) is 1.78. The molecular formula is C14H17BrN6O2S. The van der Waals surface area contributed by atoms with Crippen LogP contribution in [0.4, 0.5) is 4.79 Å². The van der Waals surface area contributed by atoms with Crippen LogP contribution in [-0.4, -0.2) is 39.1 Å². The molecule has 2 aromatic rings. The lowest BCUT2D eigenvalue weighted by Gasteiger charge is -2.06. The van der Waals surface area contributed by atoms with Gasteiger partial charge in [-0.1, -0.05) is 46.7 Å². The van der Waals surface area contributed by atoms with Crippen molar-refractivity contribution in [3.63, 3.8) is 0 Å². The number of aromatic nitrogens is 3. The Morgan fingerprint density at radius 3 is 2.79 bits per heavy atom. The first-order valence-electron chi connectivity index (χ1n) is 7.18. The van der Waals surface area contributed by atoms with Crippen LogP contribution in [0.1, 0.15) is 13.3 Å². The summed E-state index contributed by atoms with van der Waals surface area (Å²) < 4.78 is 2.15.